The van der Waals surface area contributed by atoms with Gasteiger partial charge in [-0.3, -0.25) is 0 Å². The first-order chi connectivity index (χ1) is 35.2. The number of fused-ring (bicyclic) bond motifs is 14. The van der Waals surface area contributed by atoms with Crippen LogP contribution in [0.15, 0.2) is 254 Å². The summed E-state index contributed by atoms with van der Waals surface area (Å²) < 4.78 is 2.50. The molecule has 0 spiro atoms. The minimum atomic E-state index is -0.182. The Hall–Kier alpha value is -9.31. The summed E-state index contributed by atoms with van der Waals surface area (Å²) in [7, 11) is 0. The highest BCUT2D eigenvalue weighted by Gasteiger charge is 2.28. The van der Waals surface area contributed by atoms with Crippen LogP contribution in [0.2, 0.25) is 0 Å². The minimum absolute atomic E-state index is 0.182. The summed E-state index contributed by atoms with van der Waals surface area (Å²) in [5.41, 5.74) is 13.4. The van der Waals surface area contributed by atoms with Crippen LogP contribution < -0.4 is 5.32 Å². The molecular formula is C68H43N3. The highest BCUT2D eigenvalue weighted by molar-refractivity contribution is 6.25. The Morgan fingerprint density at radius 1 is 0.338 bits per heavy atom. The van der Waals surface area contributed by atoms with E-state index in [1.165, 1.54) is 109 Å². The van der Waals surface area contributed by atoms with Crippen molar-refractivity contribution in [2.45, 2.75) is 6.04 Å². The second kappa shape index (κ2) is 15.6. The van der Waals surface area contributed by atoms with Crippen molar-refractivity contribution < 1.29 is 0 Å². The van der Waals surface area contributed by atoms with Crippen LogP contribution in [-0.2, 0) is 0 Å². The maximum atomic E-state index is 5.61. The molecule has 330 valence electrons. The molecule has 1 aliphatic heterocycles. The number of hydrogen-bond donors (Lipinski definition) is 1. The molecule has 0 saturated heterocycles. The predicted octanol–water partition coefficient (Wildman–Crippen LogP) is 17.4. The molecule has 3 nitrogen and oxygen atoms in total. The smallest absolute Gasteiger partial charge is 0.0944 e. The maximum Gasteiger partial charge on any atom is 0.0944 e. The van der Waals surface area contributed by atoms with E-state index < -0.39 is 0 Å². The van der Waals surface area contributed by atoms with Gasteiger partial charge >= 0.3 is 0 Å². The van der Waals surface area contributed by atoms with Crippen LogP contribution in [0, 0.1) is 0 Å². The van der Waals surface area contributed by atoms with E-state index in [0.29, 0.717) is 0 Å². The number of aliphatic imine (C=N–C) groups is 1. The number of aromatic nitrogens is 1. The number of nitrogens with zero attached hydrogens (tertiary/aromatic N) is 2. The molecule has 71 heavy (non-hydrogen) atoms. The molecule has 0 fully saturated rings. The largest absolute Gasteiger partial charge is 0.371 e. The molecule has 1 N–H and O–H groups in total. The van der Waals surface area contributed by atoms with Gasteiger partial charge in [0.15, 0.2) is 0 Å². The van der Waals surface area contributed by atoms with Crippen LogP contribution >= 0.6 is 0 Å². The van der Waals surface area contributed by atoms with Crippen molar-refractivity contribution in [1.82, 2.24) is 9.88 Å². The van der Waals surface area contributed by atoms with Crippen LogP contribution in [0.5, 0.6) is 0 Å². The standard InChI is InChI=1S/C68H43N3/c1-7-19-53-42(13-1)33-36-59-60-37-34-43-14-2-8-20-54(43)68(60)71(67(53)59)50-35-38-63-64(41-50)70-66(47-31-27-45(28-32-47)62-40-49-16-4-6-18-52(49)56-22-10-12-24-58(56)62)65(69-63)46-29-25-44(26-30-46)61-39-48-15-3-5-17-51(48)55-21-9-11-23-57(55)61/h1-41,64,70H. The molecule has 1 unspecified atom stereocenters. The number of nitrogens with one attached hydrogen (secondary N) is 1. The van der Waals surface area contributed by atoms with Crippen molar-refractivity contribution in [2.75, 3.05) is 0 Å². The normalized spacial score (nSPS) is 14.8. The third-order valence-electron chi connectivity index (χ3n) is 15.1. The van der Waals surface area contributed by atoms with Crippen molar-refractivity contribution in [1.29, 1.82) is 0 Å². The summed E-state index contributed by atoms with van der Waals surface area (Å²) in [4.78, 5) is 5.61. The Labute approximate surface area is 410 Å². The van der Waals surface area contributed by atoms with Crippen LogP contribution in [0.4, 0.5) is 0 Å². The molecule has 12 aromatic carbocycles. The Balaban J connectivity index is 0.893. The quantitative estimate of drug-likeness (QED) is 0.171. The minimum Gasteiger partial charge on any atom is -0.371 e. The highest BCUT2D eigenvalue weighted by Crippen LogP contribution is 2.43. The first-order valence-corrected chi connectivity index (χ1v) is 24.6. The Morgan fingerprint density at radius 3 is 1.28 bits per heavy atom. The number of benzene rings is 12. The van der Waals surface area contributed by atoms with Gasteiger partial charge < -0.3 is 9.88 Å². The molecule has 1 aliphatic carbocycles. The fourth-order valence-electron chi connectivity index (χ4n) is 11.8. The average molecular weight is 902 g/mol. The molecule has 2 aliphatic rings. The van der Waals surface area contributed by atoms with Crippen molar-refractivity contribution in [3.63, 3.8) is 0 Å². The first kappa shape index (κ1) is 39.7. The van der Waals surface area contributed by atoms with E-state index in [-0.39, 0.29) is 6.04 Å². The van der Waals surface area contributed by atoms with Crippen molar-refractivity contribution in [3.05, 3.63) is 260 Å². The number of allylic oxidation sites excluding steroid dienone is 2. The molecule has 3 heteroatoms. The number of rotatable bonds is 5. The lowest BCUT2D eigenvalue weighted by Crippen LogP contribution is -2.38. The molecule has 13 aromatic rings. The predicted molar refractivity (Wildman–Crippen MR) is 303 cm³/mol. The topological polar surface area (TPSA) is 29.3 Å². The fourth-order valence-corrected chi connectivity index (χ4v) is 11.8. The molecule has 15 rings (SSSR count). The first-order valence-electron chi connectivity index (χ1n) is 24.6. The molecule has 0 radical (unpaired) electrons. The zero-order valence-electron chi connectivity index (χ0n) is 38.6. The summed E-state index contributed by atoms with van der Waals surface area (Å²) >= 11 is 0. The van der Waals surface area contributed by atoms with Gasteiger partial charge in [-0.1, -0.05) is 218 Å². The van der Waals surface area contributed by atoms with Gasteiger partial charge in [0.25, 0.3) is 0 Å². The summed E-state index contributed by atoms with van der Waals surface area (Å²) in [6, 6.07) is 84.2. The zero-order valence-corrected chi connectivity index (χ0v) is 38.6. The van der Waals surface area contributed by atoms with Gasteiger partial charge in [0, 0.05) is 32.8 Å². The van der Waals surface area contributed by atoms with Gasteiger partial charge in [-0.25, -0.2) is 4.99 Å². The molecular weight excluding hydrogens is 859 g/mol. The lowest BCUT2D eigenvalue weighted by Gasteiger charge is -2.30. The Bertz CT molecular complexity index is 4430. The van der Waals surface area contributed by atoms with Gasteiger partial charge in [0.05, 0.1) is 34.2 Å². The van der Waals surface area contributed by atoms with E-state index in [1.54, 1.807) is 0 Å². The fraction of sp³-hybridized carbons (Fsp3) is 0.0147. The molecule has 0 amide bonds. The summed E-state index contributed by atoms with van der Waals surface area (Å²) in [6.07, 6.45) is 6.86. The SMILES string of the molecule is C1=CC2=NC(c3ccc(-c4cc5ccccc5c5ccccc45)cc3)=C(c3ccc(-c4cc5ccccc5c5ccccc45)cc3)NC2C=C1n1c2c3ccccc3ccc2c2ccc3ccccc3c21. The van der Waals surface area contributed by atoms with E-state index in [4.69, 9.17) is 4.99 Å². The third kappa shape index (κ3) is 6.20. The van der Waals surface area contributed by atoms with Crippen LogP contribution in [-0.4, -0.2) is 16.3 Å². The molecule has 0 saturated carbocycles. The second-order valence-corrected chi connectivity index (χ2v) is 19.0. The lowest BCUT2D eigenvalue weighted by atomic mass is 9.91. The molecule has 2 heterocycles. The molecule has 1 atom stereocenters. The molecule has 1 aromatic heterocycles. The van der Waals surface area contributed by atoms with Crippen LogP contribution in [0.25, 0.3) is 126 Å². The lowest BCUT2D eigenvalue weighted by molar-refractivity contribution is 0.879. The van der Waals surface area contributed by atoms with Gasteiger partial charge in [0.1, 0.15) is 0 Å². The highest BCUT2D eigenvalue weighted by atomic mass is 15.0. The van der Waals surface area contributed by atoms with Gasteiger partial charge in [-0.15, -0.1) is 0 Å². The van der Waals surface area contributed by atoms with Crippen LogP contribution in [0.3, 0.4) is 0 Å². The average Bonchev–Trinajstić information content (AvgIpc) is 3.80. The van der Waals surface area contributed by atoms with Crippen LogP contribution in [0.1, 0.15) is 11.1 Å². The van der Waals surface area contributed by atoms with Gasteiger partial charge in [-0.2, -0.15) is 0 Å². The number of hydrogen-bond acceptors (Lipinski definition) is 2. The van der Waals surface area contributed by atoms with Crippen molar-refractivity contribution in [2.24, 2.45) is 4.99 Å². The third-order valence-corrected chi connectivity index (χ3v) is 15.1. The van der Waals surface area contributed by atoms with Crippen molar-refractivity contribution >= 4 is 109 Å². The van der Waals surface area contributed by atoms with Gasteiger partial charge in [0.2, 0.25) is 0 Å². The van der Waals surface area contributed by atoms with E-state index in [0.717, 1.165) is 33.9 Å². The summed E-state index contributed by atoms with van der Waals surface area (Å²) in [5.74, 6) is 0. The summed E-state index contributed by atoms with van der Waals surface area (Å²) in [6.45, 7) is 0. The zero-order chi connectivity index (χ0) is 46.6. The van der Waals surface area contributed by atoms with E-state index in [1.807, 2.05) is 0 Å². The monoisotopic (exact) mass is 901 g/mol. The van der Waals surface area contributed by atoms with E-state index in [9.17, 15) is 0 Å². The Morgan fingerprint density at radius 2 is 0.761 bits per heavy atom. The molecule has 0 bridgehead atoms. The maximum absolute atomic E-state index is 5.61. The summed E-state index contributed by atoms with van der Waals surface area (Å²) in [5, 5.41) is 21.6. The van der Waals surface area contributed by atoms with E-state index >= 15 is 0 Å². The Kier molecular flexibility index (Phi) is 8.72. The second-order valence-electron chi connectivity index (χ2n) is 19.0. The van der Waals surface area contributed by atoms with E-state index in [2.05, 4.69) is 259 Å². The van der Waals surface area contributed by atoms with Gasteiger partial charge in [-0.05, 0) is 112 Å². The van der Waals surface area contributed by atoms with Crippen molar-refractivity contribution in [3.8, 4) is 22.3 Å².